The van der Waals surface area contributed by atoms with E-state index in [0.717, 1.165) is 106 Å². The first-order chi connectivity index (χ1) is 36.5. The topological polar surface area (TPSA) is 200 Å². The maximum atomic E-state index is 14.3. The number of anilines is 1. The molecule has 4 aromatic rings. The number of carbonyl (C=O) groups excluding carboxylic acids is 4. The van der Waals surface area contributed by atoms with E-state index in [1.807, 2.05) is 76.5 Å². The fourth-order valence-electron chi connectivity index (χ4n) is 12.0. The maximum absolute atomic E-state index is 14.3. The van der Waals surface area contributed by atoms with Crippen LogP contribution in [0.3, 0.4) is 0 Å². The lowest BCUT2D eigenvalue weighted by atomic mass is 9.49. The van der Waals surface area contributed by atoms with Crippen LogP contribution in [0, 0.1) is 34.5 Å². The number of rotatable bonds is 18. The third kappa shape index (κ3) is 13.4. The van der Waals surface area contributed by atoms with Gasteiger partial charge in [-0.15, -0.1) is 11.3 Å². The van der Waals surface area contributed by atoms with Gasteiger partial charge in [0, 0.05) is 94.5 Å². The molecule has 19 heteroatoms. The number of hydrogen-bond acceptors (Lipinski definition) is 14. The maximum Gasteiger partial charge on any atom is 0.253 e. The SMILES string of the molecule is Cc1ncsc1-c1ccc([C@H](C)NC(=O)[C@@H]2C[C@@H](O)CN2C(=O)[C@@H](NC(=O)CN2CCN(CCCCN3CCN(c4ccc(C(=O)NC5C(C)(C)C(Oc6ccc(C#N)c(Cl)c6)C5(C)C)cn4)CC3)CC2)C(C)(C)C)cc1. The minimum absolute atomic E-state index is 0.0201. The first-order valence-corrected chi connectivity index (χ1v) is 28.4. The number of nitrogens with one attached hydrogen (secondary N) is 3. The van der Waals surface area contributed by atoms with Crippen LogP contribution in [0.5, 0.6) is 5.75 Å². The minimum atomic E-state index is -0.886. The predicted molar refractivity (Wildman–Crippen MR) is 301 cm³/mol. The molecule has 77 heavy (non-hydrogen) atoms. The van der Waals surface area contributed by atoms with Crippen molar-refractivity contribution in [2.75, 3.05) is 83.4 Å². The highest BCUT2D eigenvalue weighted by Gasteiger charge is 2.64. The molecule has 1 saturated carbocycles. The van der Waals surface area contributed by atoms with E-state index in [9.17, 15) is 29.5 Å². The number of aromatic nitrogens is 2. The summed E-state index contributed by atoms with van der Waals surface area (Å²) in [6, 6.07) is 16.7. The van der Waals surface area contributed by atoms with Crippen molar-refractivity contribution < 1.29 is 29.0 Å². The Bertz CT molecular complexity index is 2740. The molecule has 1 aliphatic carbocycles. The number of thiazole rings is 1. The molecule has 4 N–H and O–H groups in total. The molecule has 2 aromatic heterocycles. The lowest BCUT2D eigenvalue weighted by Crippen LogP contribution is -2.74. The average Bonchev–Trinajstić information content (AvgIpc) is 4.21. The summed E-state index contributed by atoms with van der Waals surface area (Å²) in [6.45, 7) is 27.0. The second-order valence-corrected chi connectivity index (χ2v) is 25.0. The van der Waals surface area contributed by atoms with Crippen molar-refractivity contribution in [3.8, 4) is 22.3 Å². The molecule has 414 valence electrons. The Labute approximate surface area is 463 Å². The number of hydrogen-bond donors (Lipinski definition) is 4. The number of carbonyl (C=O) groups is 4. The quantitative estimate of drug-likeness (QED) is 0.0785. The molecule has 3 saturated heterocycles. The largest absolute Gasteiger partial charge is 0.489 e. The number of β-amino-alcohol motifs (C(OH)–C–C–N with tert-alkyl or cyclic N) is 1. The number of aryl methyl sites for hydroxylation is 1. The summed E-state index contributed by atoms with van der Waals surface area (Å²) in [5.74, 6) is 0.345. The minimum Gasteiger partial charge on any atom is -0.489 e. The van der Waals surface area contributed by atoms with Crippen LogP contribution in [0.15, 0.2) is 66.3 Å². The highest BCUT2D eigenvalue weighted by atomic mass is 35.5. The zero-order valence-electron chi connectivity index (χ0n) is 46.3. The number of aliphatic hydroxyl groups is 1. The Hall–Kier alpha value is -5.68. The number of piperazine rings is 2. The lowest BCUT2D eigenvalue weighted by Gasteiger charge is -2.63. The Kier molecular flexibility index (Phi) is 18.0. The Morgan fingerprint density at radius 3 is 2.09 bits per heavy atom. The summed E-state index contributed by atoms with van der Waals surface area (Å²) in [7, 11) is 0. The lowest BCUT2D eigenvalue weighted by molar-refractivity contribution is -0.164. The van der Waals surface area contributed by atoms with Crippen LogP contribution in [-0.4, -0.2) is 167 Å². The fourth-order valence-corrected chi connectivity index (χ4v) is 13.0. The Morgan fingerprint density at radius 2 is 1.52 bits per heavy atom. The molecule has 2 aromatic carbocycles. The number of pyridine rings is 1. The molecule has 8 rings (SSSR count). The summed E-state index contributed by atoms with van der Waals surface area (Å²) in [5, 5.41) is 29.7. The van der Waals surface area contributed by atoms with Gasteiger partial charge in [0.2, 0.25) is 17.7 Å². The van der Waals surface area contributed by atoms with Gasteiger partial charge in [-0.05, 0) is 80.6 Å². The number of benzene rings is 2. The van der Waals surface area contributed by atoms with Crippen LogP contribution in [-0.2, 0) is 14.4 Å². The molecule has 3 aliphatic heterocycles. The predicted octanol–water partition coefficient (Wildman–Crippen LogP) is 6.54. The zero-order valence-corrected chi connectivity index (χ0v) is 47.8. The van der Waals surface area contributed by atoms with E-state index in [1.165, 1.54) is 4.90 Å². The van der Waals surface area contributed by atoms with Crippen LogP contribution in [0.25, 0.3) is 10.4 Å². The monoisotopic (exact) mass is 1090 g/mol. The molecule has 5 heterocycles. The number of aliphatic hydroxyl groups excluding tert-OH is 1. The normalized spacial score (nSPS) is 22.6. The van der Waals surface area contributed by atoms with Crippen molar-refractivity contribution in [3.05, 3.63) is 93.7 Å². The molecule has 17 nitrogen and oxygen atoms in total. The van der Waals surface area contributed by atoms with Gasteiger partial charge in [0.25, 0.3) is 5.91 Å². The van der Waals surface area contributed by atoms with Crippen molar-refractivity contribution in [1.82, 2.24) is 45.5 Å². The fraction of sp³-hybridized carbons (Fsp3) is 0.569. The molecule has 4 aliphatic rings. The molecular formula is C58H78ClN11O6S. The van der Waals surface area contributed by atoms with E-state index in [1.54, 1.807) is 35.7 Å². The van der Waals surface area contributed by atoms with Crippen LogP contribution < -0.4 is 25.6 Å². The van der Waals surface area contributed by atoms with Gasteiger partial charge in [0.15, 0.2) is 0 Å². The van der Waals surface area contributed by atoms with Gasteiger partial charge in [-0.2, -0.15) is 5.26 Å². The van der Waals surface area contributed by atoms with E-state index < -0.39 is 23.6 Å². The van der Waals surface area contributed by atoms with Gasteiger partial charge in [-0.25, -0.2) is 9.97 Å². The van der Waals surface area contributed by atoms with Crippen LogP contribution in [0.4, 0.5) is 5.82 Å². The van der Waals surface area contributed by atoms with Gasteiger partial charge in [0.1, 0.15) is 35.8 Å². The number of likely N-dealkylation sites (tertiary alicyclic amines) is 1. The van der Waals surface area contributed by atoms with Gasteiger partial charge in [-0.1, -0.05) is 84.3 Å². The van der Waals surface area contributed by atoms with Gasteiger partial charge in [0.05, 0.1) is 50.9 Å². The molecular weight excluding hydrogens is 1010 g/mol. The summed E-state index contributed by atoms with van der Waals surface area (Å²) in [6.07, 6.45) is 2.92. The van der Waals surface area contributed by atoms with E-state index in [-0.39, 0.29) is 72.2 Å². The smallest absolute Gasteiger partial charge is 0.253 e. The number of nitriles is 1. The van der Waals surface area contributed by atoms with Gasteiger partial charge in [-0.3, -0.25) is 29.0 Å². The summed E-state index contributed by atoms with van der Waals surface area (Å²) < 4.78 is 6.39. The van der Waals surface area contributed by atoms with Crippen molar-refractivity contribution >= 4 is 52.4 Å². The number of halogens is 1. The second-order valence-electron chi connectivity index (χ2n) is 23.7. The zero-order chi connectivity index (χ0) is 55.4. The van der Waals surface area contributed by atoms with E-state index in [4.69, 9.17) is 21.3 Å². The van der Waals surface area contributed by atoms with Gasteiger partial charge >= 0.3 is 0 Å². The number of unbranched alkanes of at least 4 members (excludes halogenated alkanes) is 1. The molecule has 0 unspecified atom stereocenters. The van der Waals surface area contributed by atoms with Crippen LogP contribution in [0.2, 0.25) is 5.02 Å². The van der Waals surface area contributed by atoms with Crippen molar-refractivity contribution in [2.45, 2.75) is 118 Å². The molecule has 0 radical (unpaired) electrons. The van der Waals surface area contributed by atoms with E-state index in [0.29, 0.717) is 21.9 Å². The van der Waals surface area contributed by atoms with Crippen molar-refractivity contribution in [2.24, 2.45) is 16.2 Å². The first-order valence-electron chi connectivity index (χ1n) is 27.2. The van der Waals surface area contributed by atoms with E-state index >= 15 is 0 Å². The molecule has 4 amide bonds. The first kappa shape index (κ1) is 57.5. The second kappa shape index (κ2) is 24.1. The van der Waals surface area contributed by atoms with Crippen LogP contribution >= 0.6 is 22.9 Å². The van der Waals surface area contributed by atoms with Crippen molar-refractivity contribution in [3.63, 3.8) is 0 Å². The highest BCUT2D eigenvalue weighted by molar-refractivity contribution is 7.13. The number of ether oxygens (including phenoxy) is 1. The van der Waals surface area contributed by atoms with Gasteiger partial charge < -0.3 is 40.5 Å². The average molecular weight is 1090 g/mol. The number of nitrogens with zero attached hydrogens (tertiary/aromatic N) is 8. The summed E-state index contributed by atoms with van der Waals surface area (Å²) in [5.41, 5.74) is 4.30. The molecule has 4 atom stereocenters. The Balaban J connectivity index is 0.715. The standard InChI is InChI=1S/C58H78ClN11O6S/c1-37(39-12-14-40(15-13-39)49-38(2)62-36-77-49)63-52(74)46-30-43(71)34-70(46)53(75)50(56(3,4)5)64-48(72)35-68-24-22-66(23-25-68)20-10-11-21-67-26-28-69(29-27-67)47-19-17-42(33-61-47)51(73)65-54-57(6,7)55(58(54,8)9)76-44-18-16-41(32-60)45(59)31-44/h12-19,31,33,36-37,43,46,50,54-55,71H,10-11,20-30,34-35H2,1-9H3,(H,63,74)(H,64,72)(H,65,73)/t37-,43+,46-,50+,54?,55?/m0/s1. The summed E-state index contributed by atoms with van der Waals surface area (Å²) in [4.78, 5) is 76.1. The third-order valence-electron chi connectivity index (χ3n) is 16.2. The Morgan fingerprint density at radius 1 is 0.883 bits per heavy atom. The van der Waals surface area contributed by atoms with Crippen LogP contribution in [0.1, 0.15) is 108 Å². The molecule has 4 fully saturated rings. The number of amides is 4. The highest BCUT2D eigenvalue weighted by Crippen LogP contribution is 2.55. The molecule has 0 bridgehead atoms. The van der Waals surface area contributed by atoms with E-state index in [2.05, 4.69) is 74.3 Å². The third-order valence-corrected chi connectivity index (χ3v) is 17.5. The summed E-state index contributed by atoms with van der Waals surface area (Å²) >= 11 is 7.86. The van der Waals surface area contributed by atoms with Crippen molar-refractivity contribution in [1.29, 1.82) is 5.26 Å². The molecule has 0 spiro atoms.